The van der Waals surface area contributed by atoms with E-state index in [4.69, 9.17) is 17.2 Å². The van der Waals surface area contributed by atoms with Gasteiger partial charge in [-0.05, 0) is 60.8 Å². The minimum Gasteiger partial charge on any atom is -0.401 e. The molecule has 0 radical (unpaired) electrons. The van der Waals surface area contributed by atoms with Gasteiger partial charge in [-0.15, -0.1) is 0 Å². The highest BCUT2D eigenvalue weighted by molar-refractivity contribution is 5.77. The van der Waals surface area contributed by atoms with Gasteiger partial charge in [0, 0.05) is 22.7 Å². The highest BCUT2D eigenvalue weighted by atomic mass is 19.1. The van der Waals surface area contributed by atoms with Gasteiger partial charge in [-0.25, -0.2) is 8.78 Å². The van der Waals surface area contributed by atoms with Crippen molar-refractivity contribution >= 4 is 11.6 Å². The van der Waals surface area contributed by atoms with Gasteiger partial charge in [0.05, 0.1) is 5.56 Å². The minimum absolute atomic E-state index is 0.0222. The lowest BCUT2D eigenvalue weighted by Crippen LogP contribution is -2.40. The van der Waals surface area contributed by atoms with Crippen LogP contribution in [-0.2, 0) is 4.79 Å². The Kier molecular flexibility index (Phi) is 5.02. The zero-order valence-corrected chi connectivity index (χ0v) is 16.7. The van der Waals surface area contributed by atoms with E-state index in [1.807, 2.05) is 6.92 Å². The maximum atomic E-state index is 14.1. The molecule has 1 fully saturated rings. The van der Waals surface area contributed by atoms with Gasteiger partial charge in [0.1, 0.15) is 11.6 Å². The third kappa shape index (κ3) is 2.81. The molecule has 1 aromatic carbocycles. The smallest absolute Gasteiger partial charge is 0.220 e. The molecular weight excluding hydrogens is 360 g/mol. The molecule has 0 aliphatic heterocycles. The Labute approximate surface area is 164 Å². The predicted octanol–water partition coefficient (Wildman–Crippen LogP) is 3.82. The van der Waals surface area contributed by atoms with Crippen LogP contribution in [0.1, 0.15) is 52.0 Å². The Morgan fingerprint density at radius 3 is 2.43 bits per heavy atom. The van der Waals surface area contributed by atoms with Crippen LogP contribution in [0, 0.1) is 34.3 Å². The molecule has 152 valence electrons. The average molecular weight is 389 g/mol. The molecular formula is C22H29F2N3O. The molecule has 1 aromatic rings. The highest BCUT2D eigenvalue weighted by Crippen LogP contribution is 2.69. The Morgan fingerprint density at radius 1 is 1.29 bits per heavy atom. The number of fused-ring (bicyclic) bond motifs is 2. The van der Waals surface area contributed by atoms with Crippen molar-refractivity contribution in [2.24, 2.45) is 39.9 Å². The number of halogens is 2. The first-order valence-corrected chi connectivity index (χ1v) is 9.77. The van der Waals surface area contributed by atoms with E-state index >= 15 is 0 Å². The summed E-state index contributed by atoms with van der Waals surface area (Å²) in [5.74, 6) is -1.87. The van der Waals surface area contributed by atoms with Crippen molar-refractivity contribution in [3.8, 4) is 0 Å². The van der Waals surface area contributed by atoms with Gasteiger partial charge >= 0.3 is 0 Å². The van der Waals surface area contributed by atoms with Crippen molar-refractivity contribution in [1.82, 2.24) is 0 Å². The average Bonchev–Trinajstić information content (AvgIpc) is 2.94. The first-order valence-electron chi connectivity index (χ1n) is 9.77. The number of carbonyl (C=O) groups excluding carboxylic acids is 1. The van der Waals surface area contributed by atoms with Gasteiger partial charge in [-0.2, -0.15) is 0 Å². The fourth-order valence-corrected chi connectivity index (χ4v) is 5.43. The van der Waals surface area contributed by atoms with E-state index < -0.39 is 11.6 Å². The highest BCUT2D eigenvalue weighted by Gasteiger charge is 2.62. The summed E-state index contributed by atoms with van der Waals surface area (Å²) in [5.41, 5.74) is 19.0. The first kappa shape index (κ1) is 20.4. The molecule has 6 heteroatoms. The van der Waals surface area contributed by atoms with Crippen LogP contribution in [0.15, 0.2) is 35.5 Å². The number of allylic oxidation sites excluding steroid dienone is 3. The lowest BCUT2D eigenvalue weighted by Gasteiger charge is -2.41. The molecule has 1 amide bonds. The summed E-state index contributed by atoms with van der Waals surface area (Å²) in [6.45, 7) is 6.23. The lowest BCUT2D eigenvalue weighted by atomic mass is 9.63. The standard InChI is InChI=1S/C22H29F2N3O/c1-4-12(20(27)28)11-22-9-8-14(21(22,2)3)13(19(22)26)10-17(25)18-15(23)6-5-7-16(18)24/h5-7,10,12,14H,4,8-9,11,25-26H2,1-3H3,(H2,27,28)/b17-10-/t12-,14-,22-/m0/s1. The van der Waals surface area contributed by atoms with Gasteiger partial charge < -0.3 is 17.2 Å². The molecule has 4 nitrogen and oxygen atoms in total. The van der Waals surface area contributed by atoms with Gasteiger partial charge in [0.25, 0.3) is 0 Å². The number of primary amides is 1. The first-order chi connectivity index (χ1) is 13.1. The van der Waals surface area contributed by atoms with E-state index in [0.717, 1.165) is 18.4 Å². The van der Waals surface area contributed by atoms with E-state index in [2.05, 4.69) is 13.8 Å². The topological polar surface area (TPSA) is 95.1 Å². The second kappa shape index (κ2) is 6.90. The third-order valence-corrected chi connectivity index (χ3v) is 7.22. The molecule has 3 rings (SSSR count). The molecule has 0 heterocycles. The van der Waals surface area contributed by atoms with Gasteiger partial charge in [-0.3, -0.25) is 4.79 Å². The van der Waals surface area contributed by atoms with Gasteiger partial charge in [0.2, 0.25) is 5.91 Å². The molecule has 6 N–H and O–H groups in total. The molecule has 0 unspecified atom stereocenters. The molecule has 0 spiro atoms. The number of hydrogen-bond acceptors (Lipinski definition) is 3. The monoisotopic (exact) mass is 389 g/mol. The van der Waals surface area contributed by atoms with Crippen molar-refractivity contribution in [2.45, 2.75) is 46.5 Å². The van der Waals surface area contributed by atoms with Crippen LogP contribution < -0.4 is 17.2 Å². The molecule has 2 aliphatic rings. The summed E-state index contributed by atoms with van der Waals surface area (Å²) in [7, 11) is 0. The van der Waals surface area contributed by atoms with Crippen LogP contribution in [-0.4, -0.2) is 5.91 Å². The Morgan fingerprint density at radius 2 is 1.89 bits per heavy atom. The summed E-state index contributed by atoms with van der Waals surface area (Å²) in [6.07, 6.45) is 4.61. The fraction of sp³-hybridized carbons (Fsp3) is 0.500. The zero-order chi connectivity index (χ0) is 20.9. The summed E-state index contributed by atoms with van der Waals surface area (Å²) < 4.78 is 28.3. The molecule has 0 saturated heterocycles. The van der Waals surface area contributed by atoms with E-state index in [9.17, 15) is 13.6 Å². The number of carbonyl (C=O) groups is 1. The second-order valence-electron chi connectivity index (χ2n) is 8.67. The summed E-state index contributed by atoms with van der Waals surface area (Å²) >= 11 is 0. The summed E-state index contributed by atoms with van der Waals surface area (Å²) in [4.78, 5) is 11.9. The Bertz CT molecular complexity index is 854. The van der Waals surface area contributed by atoms with Crippen molar-refractivity contribution in [2.75, 3.05) is 0 Å². The largest absolute Gasteiger partial charge is 0.401 e. The maximum absolute atomic E-state index is 14.1. The zero-order valence-electron chi connectivity index (χ0n) is 16.7. The van der Waals surface area contributed by atoms with Gasteiger partial charge in [-0.1, -0.05) is 26.8 Å². The van der Waals surface area contributed by atoms with Crippen LogP contribution in [0.3, 0.4) is 0 Å². The number of amides is 1. The van der Waals surface area contributed by atoms with Crippen LogP contribution in [0.25, 0.3) is 5.70 Å². The van der Waals surface area contributed by atoms with Crippen LogP contribution >= 0.6 is 0 Å². The van der Waals surface area contributed by atoms with Crippen LogP contribution in [0.2, 0.25) is 0 Å². The van der Waals surface area contributed by atoms with E-state index in [1.54, 1.807) is 6.08 Å². The fourth-order valence-electron chi connectivity index (χ4n) is 5.43. The van der Waals surface area contributed by atoms with Crippen molar-refractivity contribution in [3.63, 3.8) is 0 Å². The molecule has 28 heavy (non-hydrogen) atoms. The maximum Gasteiger partial charge on any atom is 0.220 e. The molecule has 1 saturated carbocycles. The third-order valence-electron chi connectivity index (χ3n) is 7.22. The number of benzene rings is 1. The number of rotatable bonds is 6. The van der Waals surface area contributed by atoms with Crippen LogP contribution in [0.5, 0.6) is 0 Å². The lowest BCUT2D eigenvalue weighted by molar-refractivity contribution is -0.123. The van der Waals surface area contributed by atoms with E-state index in [-0.39, 0.29) is 39.8 Å². The van der Waals surface area contributed by atoms with E-state index in [0.29, 0.717) is 18.5 Å². The number of nitrogens with two attached hydrogens (primary N) is 3. The minimum atomic E-state index is -0.704. The SMILES string of the molecule is CC[C@@H](C[C@@]12CC[C@@H](C(/C=C(\N)c3c(F)cccc3F)=C1N)C2(C)C)C(N)=O. The van der Waals surface area contributed by atoms with Crippen molar-refractivity contribution in [1.29, 1.82) is 0 Å². The van der Waals surface area contributed by atoms with Gasteiger partial charge in [0.15, 0.2) is 0 Å². The molecule has 0 aromatic heterocycles. The summed E-state index contributed by atoms with van der Waals surface area (Å²) in [5, 5.41) is 0. The van der Waals surface area contributed by atoms with Crippen molar-refractivity contribution < 1.29 is 13.6 Å². The Balaban J connectivity index is 2.07. The molecule has 3 atom stereocenters. The summed E-state index contributed by atoms with van der Waals surface area (Å²) in [6, 6.07) is 3.67. The van der Waals surface area contributed by atoms with Crippen molar-refractivity contribution in [3.05, 3.63) is 52.7 Å². The number of hydrogen-bond donors (Lipinski definition) is 3. The predicted molar refractivity (Wildman–Crippen MR) is 106 cm³/mol. The van der Waals surface area contributed by atoms with Crippen LogP contribution in [0.4, 0.5) is 8.78 Å². The molecule has 2 bridgehead atoms. The second-order valence-corrected chi connectivity index (χ2v) is 8.67. The normalized spacial score (nSPS) is 27.3. The molecule has 2 aliphatic carbocycles. The quantitative estimate of drug-likeness (QED) is 0.690. The van der Waals surface area contributed by atoms with E-state index in [1.165, 1.54) is 18.2 Å². The Hall–Kier alpha value is -2.37.